The highest BCUT2D eigenvalue weighted by atomic mass is 15.4. The summed E-state index contributed by atoms with van der Waals surface area (Å²) in [6.45, 7) is 11.7. The van der Waals surface area contributed by atoms with Crippen LogP contribution in [0.3, 0.4) is 0 Å². The zero-order valence-corrected chi connectivity index (χ0v) is 11.0. The van der Waals surface area contributed by atoms with Crippen LogP contribution in [0.25, 0.3) is 0 Å². The summed E-state index contributed by atoms with van der Waals surface area (Å²) in [4.78, 5) is 6.49. The molecule has 0 amide bonds. The molecule has 0 aromatic heterocycles. The van der Waals surface area contributed by atoms with Crippen molar-refractivity contribution in [1.29, 1.82) is 0 Å². The Morgan fingerprint density at radius 1 is 1.47 bits per heavy atom. The van der Waals surface area contributed by atoms with E-state index >= 15 is 0 Å². The molecule has 3 N–H and O–H groups in total. The largest absolute Gasteiger partial charge is 0.342 e. The minimum Gasteiger partial charge on any atom is -0.342 e. The van der Waals surface area contributed by atoms with E-state index in [2.05, 4.69) is 49.9 Å². The molecule has 4 nitrogen and oxygen atoms in total. The van der Waals surface area contributed by atoms with Gasteiger partial charge in [-0.2, -0.15) is 0 Å². The molecular formula is C11H26N4. The molecule has 15 heavy (non-hydrogen) atoms. The van der Waals surface area contributed by atoms with Gasteiger partial charge in [-0.25, -0.2) is 5.84 Å². The van der Waals surface area contributed by atoms with Crippen molar-refractivity contribution < 1.29 is 0 Å². The normalized spacial score (nSPS) is 15.0. The quantitative estimate of drug-likeness (QED) is 0.324. The smallest absolute Gasteiger partial charge is 0.208 e. The second-order valence-electron chi connectivity index (χ2n) is 5.00. The Bertz CT molecular complexity index is 205. The summed E-state index contributed by atoms with van der Waals surface area (Å²) < 4.78 is 0. The molecule has 0 radical (unpaired) electrons. The van der Waals surface area contributed by atoms with E-state index in [1.54, 1.807) is 0 Å². The van der Waals surface area contributed by atoms with E-state index in [-0.39, 0.29) is 5.41 Å². The summed E-state index contributed by atoms with van der Waals surface area (Å²) in [5, 5.41) is 0. The third-order valence-corrected chi connectivity index (χ3v) is 2.78. The standard InChI is InChI=1S/C11H26N4/c1-7-8-13-10(14-12)15(6)9(2)11(3,4)5/h9H,7-8,12H2,1-6H3,(H,13,14). The van der Waals surface area contributed by atoms with Crippen molar-refractivity contribution in [2.75, 3.05) is 13.6 Å². The topological polar surface area (TPSA) is 53.6 Å². The molecular weight excluding hydrogens is 188 g/mol. The van der Waals surface area contributed by atoms with Crippen LogP contribution in [0, 0.1) is 5.41 Å². The van der Waals surface area contributed by atoms with Gasteiger partial charge in [-0.1, -0.05) is 27.7 Å². The summed E-state index contributed by atoms with van der Waals surface area (Å²) in [6.07, 6.45) is 1.03. The molecule has 1 atom stereocenters. The first-order valence-corrected chi connectivity index (χ1v) is 5.58. The van der Waals surface area contributed by atoms with E-state index < -0.39 is 0 Å². The summed E-state index contributed by atoms with van der Waals surface area (Å²) in [6, 6.07) is 0.379. The van der Waals surface area contributed by atoms with Crippen molar-refractivity contribution in [3.05, 3.63) is 0 Å². The maximum absolute atomic E-state index is 5.47. The monoisotopic (exact) mass is 214 g/mol. The van der Waals surface area contributed by atoms with Crippen LogP contribution < -0.4 is 11.3 Å². The zero-order valence-electron chi connectivity index (χ0n) is 11.0. The van der Waals surface area contributed by atoms with Gasteiger partial charge in [0.05, 0.1) is 0 Å². The third kappa shape index (κ3) is 4.51. The van der Waals surface area contributed by atoms with Crippen molar-refractivity contribution in [3.63, 3.8) is 0 Å². The van der Waals surface area contributed by atoms with Crippen molar-refractivity contribution in [2.24, 2.45) is 16.3 Å². The number of guanidine groups is 1. The Labute approximate surface area is 93.9 Å². The number of nitrogens with two attached hydrogens (primary N) is 1. The second-order valence-corrected chi connectivity index (χ2v) is 5.00. The van der Waals surface area contributed by atoms with Gasteiger partial charge >= 0.3 is 0 Å². The van der Waals surface area contributed by atoms with Gasteiger partial charge in [0, 0.05) is 19.6 Å². The minimum atomic E-state index is 0.207. The van der Waals surface area contributed by atoms with E-state index in [1.807, 2.05) is 7.05 Å². The number of rotatable bonds is 3. The zero-order chi connectivity index (χ0) is 12.1. The first kappa shape index (κ1) is 14.2. The van der Waals surface area contributed by atoms with E-state index in [0.717, 1.165) is 18.9 Å². The van der Waals surface area contributed by atoms with Gasteiger partial charge in [-0.3, -0.25) is 10.4 Å². The molecule has 0 aliphatic carbocycles. The Balaban J connectivity index is 4.58. The van der Waals surface area contributed by atoms with Gasteiger partial charge in [-0.05, 0) is 18.8 Å². The number of nitrogens with zero attached hydrogens (tertiary/aromatic N) is 2. The third-order valence-electron chi connectivity index (χ3n) is 2.78. The highest BCUT2D eigenvalue weighted by Crippen LogP contribution is 2.22. The number of nitrogens with one attached hydrogen (secondary N) is 1. The Kier molecular flexibility index (Phi) is 5.65. The van der Waals surface area contributed by atoms with Gasteiger partial charge in [0.15, 0.2) is 0 Å². The van der Waals surface area contributed by atoms with Gasteiger partial charge in [0.1, 0.15) is 0 Å². The lowest BCUT2D eigenvalue weighted by molar-refractivity contribution is 0.203. The average molecular weight is 214 g/mol. The molecule has 0 aromatic rings. The summed E-state index contributed by atoms with van der Waals surface area (Å²) in [7, 11) is 2.02. The number of hydrogen-bond donors (Lipinski definition) is 2. The fourth-order valence-electron chi connectivity index (χ4n) is 1.24. The first-order valence-electron chi connectivity index (χ1n) is 5.58. The number of hydrazine groups is 1. The van der Waals surface area contributed by atoms with Crippen LogP contribution in [-0.4, -0.2) is 30.5 Å². The highest BCUT2D eigenvalue weighted by molar-refractivity contribution is 5.79. The molecule has 0 aliphatic heterocycles. The average Bonchev–Trinajstić information content (AvgIpc) is 2.16. The number of hydrogen-bond acceptors (Lipinski definition) is 2. The lowest BCUT2D eigenvalue weighted by Crippen LogP contribution is -2.50. The van der Waals surface area contributed by atoms with E-state index in [0.29, 0.717) is 6.04 Å². The van der Waals surface area contributed by atoms with E-state index in [9.17, 15) is 0 Å². The molecule has 0 spiro atoms. The molecule has 0 saturated heterocycles. The Morgan fingerprint density at radius 2 is 2.00 bits per heavy atom. The van der Waals surface area contributed by atoms with Gasteiger partial charge in [0.25, 0.3) is 0 Å². The van der Waals surface area contributed by atoms with Crippen LogP contribution in [0.2, 0.25) is 0 Å². The molecule has 0 aromatic carbocycles. The lowest BCUT2D eigenvalue weighted by atomic mass is 9.87. The predicted molar refractivity (Wildman–Crippen MR) is 66.6 cm³/mol. The summed E-state index contributed by atoms with van der Waals surface area (Å²) >= 11 is 0. The van der Waals surface area contributed by atoms with Crippen LogP contribution in [0.4, 0.5) is 0 Å². The van der Waals surface area contributed by atoms with Crippen molar-refractivity contribution in [1.82, 2.24) is 10.3 Å². The molecule has 0 rings (SSSR count). The fraction of sp³-hybridized carbons (Fsp3) is 0.909. The van der Waals surface area contributed by atoms with Gasteiger partial charge in [-0.15, -0.1) is 0 Å². The van der Waals surface area contributed by atoms with E-state index in [4.69, 9.17) is 5.84 Å². The molecule has 0 aliphatic rings. The van der Waals surface area contributed by atoms with Crippen LogP contribution in [0.5, 0.6) is 0 Å². The van der Waals surface area contributed by atoms with Crippen molar-refractivity contribution in [3.8, 4) is 0 Å². The molecule has 0 bridgehead atoms. The molecule has 4 heteroatoms. The van der Waals surface area contributed by atoms with Crippen molar-refractivity contribution >= 4 is 5.96 Å². The molecule has 0 saturated carbocycles. The van der Waals surface area contributed by atoms with Crippen molar-refractivity contribution in [2.45, 2.75) is 47.1 Å². The number of aliphatic imine (C=N–C) groups is 1. The van der Waals surface area contributed by atoms with Crippen LogP contribution in [0.1, 0.15) is 41.0 Å². The Morgan fingerprint density at radius 3 is 2.33 bits per heavy atom. The molecule has 90 valence electrons. The lowest BCUT2D eigenvalue weighted by Gasteiger charge is -2.36. The molecule has 0 fully saturated rings. The molecule has 1 unspecified atom stereocenters. The fourth-order valence-corrected chi connectivity index (χ4v) is 1.24. The summed E-state index contributed by atoms with van der Waals surface area (Å²) in [5.41, 5.74) is 2.87. The maximum atomic E-state index is 5.47. The van der Waals surface area contributed by atoms with Crippen LogP contribution >= 0.6 is 0 Å². The van der Waals surface area contributed by atoms with Crippen LogP contribution in [0.15, 0.2) is 4.99 Å². The summed E-state index contributed by atoms with van der Waals surface area (Å²) in [5.74, 6) is 6.24. The molecule has 0 heterocycles. The highest BCUT2D eigenvalue weighted by Gasteiger charge is 2.25. The van der Waals surface area contributed by atoms with E-state index in [1.165, 1.54) is 0 Å². The minimum absolute atomic E-state index is 0.207. The maximum Gasteiger partial charge on any atom is 0.208 e. The van der Waals surface area contributed by atoms with Gasteiger partial charge in [0.2, 0.25) is 5.96 Å². The predicted octanol–water partition coefficient (Wildman–Crippen LogP) is 1.58. The van der Waals surface area contributed by atoms with Gasteiger partial charge < -0.3 is 4.90 Å². The first-order chi connectivity index (χ1) is 6.84. The SMILES string of the molecule is CCCN=C(NN)N(C)C(C)C(C)(C)C. The second kappa shape index (κ2) is 5.95. The van der Waals surface area contributed by atoms with Crippen LogP contribution in [-0.2, 0) is 0 Å². The Hall–Kier alpha value is -0.770.